The number of nitrogens with zero attached hydrogens (tertiary/aromatic N) is 2. The number of hydrogen-bond acceptors (Lipinski definition) is 5. The van der Waals surface area contributed by atoms with E-state index in [0.29, 0.717) is 22.2 Å². The Balaban J connectivity index is 2.18. The van der Waals surface area contributed by atoms with Crippen LogP contribution in [0.3, 0.4) is 0 Å². The number of nitrogen functional groups attached to an aromatic ring is 1. The molecule has 6 heteroatoms. The van der Waals surface area contributed by atoms with Gasteiger partial charge < -0.3 is 5.73 Å². The fourth-order valence-electron chi connectivity index (χ4n) is 1.22. The molecule has 0 aliphatic rings. The zero-order valence-electron chi connectivity index (χ0n) is 8.60. The van der Waals surface area contributed by atoms with Crippen LogP contribution in [-0.2, 0) is 0 Å². The molecule has 1 heterocycles. The van der Waals surface area contributed by atoms with Crippen LogP contribution in [0.15, 0.2) is 24.3 Å². The van der Waals surface area contributed by atoms with Crippen LogP contribution < -0.4 is 11.1 Å². The summed E-state index contributed by atoms with van der Waals surface area (Å²) in [6.07, 6.45) is 0. The molecule has 0 unspecified atom stereocenters. The van der Waals surface area contributed by atoms with Crippen LogP contribution in [0.25, 0.3) is 0 Å². The molecular weight excluding hydrogens is 224 g/mol. The fourth-order valence-corrected chi connectivity index (χ4v) is 1.79. The lowest BCUT2D eigenvalue weighted by Gasteiger charge is -2.03. The van der Waals surface area contributed by atoms with Crippen molar-refractivity contribution in [1.82, 2.24) is 9.36 Å². The smallest absolute Gasteiger partial charge is 0.259 e. The Bertz CT molecular complexity index is 523. The Morgan fingerprint density at radius 3 is 2.81 bits per heavy atom. The van der Waals surface area contributed by atoms with E-state index in [4.69, 9.17) is 5.73 Å². The van der Waals surface area contributed by atoms with Crippen molar-refractivity contribution in [1.29, 1.82) is 0 Å². The van der Waals surface area contributed by atoms with Crippen molar-refractivity contribution < 1.29 is 4.79 Å². The summed E-state index contributed by atoms with van der Waals surface area (Å²) in [4.78, 5) is 15.8. The minimum atomic E-state index is -0.269. The summed E-state index contributed by atoms with van der Waals surface area (Å²) in [5.74, 6) is 0.371. The first-order valence-corrected chi connectivity index (χ1v) is 5.40. The van der Waals surface area contributed by atoms with Gasteiger partial charge >= 0.3 is 0 Å². The molecule has 5 nitrogen and oxygen atoms in total. The van der Waals surface area contributed by atoms with Gasteiger partial charge in [-0.1, -0.05) is 12.1 Å². The molecule has 0 atom stereocenters. The van der Waals surface area contributed by atoms with Crippen molar-refractivity contribution in [2.24, 2.45) is 0 Å². The summed E-state index contributed by atoms with van der Waals surface area (Å²) in [7, 11) is 0. The number of para-hydroxylation sites is 1. The number of anilines is 2. The molecular formula is C10H10N4OS. The number of benzene rings is 1. The molecule has 0 fully saturated rings. The molecule has 0 saturated carbocycles. The molecule has 0 aliphatic carbocycles. The minimum Gasteiger partial charge on any atom is -0.398 e. The number of carbonyl (C=O) groups excluding carboxylic acids is 1. The topological polar surface area (TPSA) is 80.9 Å². The normalized spacial score (nSPS) is 10.1. The molecule has 2 aromatic rings. The van der Waals surface area contributed by atoms with Crippen LogP contribution in [0, 0.1) is 6.92 Å². The summed E-state index contributed by atoms with van der Waals surface area (Å²) in [6, 6.07) is 6.89. The van der Waals surface area contributed by atoms with Crippen molar-refractivity contribution in [2.45, 2.75) is 6.92 Å². The van der Waals surface area contributed by atoms with Gasteiger partial charge in [0.1, 0.15) is 5.82 Å². The number of amides is 1. The van der Waals surface area contributed by atoms with Crippen molar-refractivity contribution in [3.05, 3.63) is 35.7 Å². The number of nitrogens with two attached hydrogens (primary N) is 1. The van der Waals surface area contributed by atoms with E-state index in [-0.39, 0.29) is 5.91 Å². The predicted molar refractivity (Wildman–Crippen MR) is 63.5 cm³/mol. The lowest BCUT2D eigenvalue weighted by atomic mass is 10.2. The van der Waals surface area contributed by atoms with Crippen LogP contribution in [0.2, 0.25) is 0 Å². The molecule has 2 rings (SSSR count). The van der Waals surface area contributed by atoms with E-state index in [1.807, 2.05) is 0 Å². The third-order valence-corrected chi connectivity index (χ3v) is 2.68. The minimum absolute atomic E-state index is 0.269. The summed E-state index contributed by atoms with van der Waals surface area (Å²) in [5.41, 5.74) is 6.57. The van der Waals surface area contributed by atoms with Gasteiger partial charge in [-0.15, -0.1) is 0 Å². The molecule has 0 bridgehead atoms. The van der Waals surface area contributed by atoms with Crippen molar-refractivity contribution in [2.75, 3.05) is 11.1 Å². The van der Waals surface area contributed by atoms with Crippen molar-refractivity contribution in [3.63, 3.8) is 0 Å². The molecule has 0 aliphatic heterocycles. The lowest BCUT2D eigenvalue weighted by Crippen LogP contribution is -2.13. The average Bonchev–Trinajstić information content (AvgIpc) is 2.64. The summed E-state index contributed by atoms with van der Waals surface area (Å²) in [5, 5.41) is 3.12. The Hall–Kier alpha value is -1.95. The van der Waals surface area contributed by atoms with E-state index in [2.05, 4.69) is 14.7 Å². The second-order valence-corrected chi connectivity index (χ2v) is 3.94. The molecule has 82 valence electrons. The Kier molecular flexibility index (Phi) is 2.82. The highest BCUT2D eigenvalue weighted by molar-refractivity contribution is 7.09. The maximum absolute atomic E-state index is 11.8. The van der Waals surface area contributed by atoms with E-state index >= 15 is 0 Å². The third kappa shape index (κ3) is 2.17. The molecule has 3 N–H and O–H groups in total. The Morgan fingerprint density at radius 1 is 1.44 bits per heavy atom. The van der Waals surface area contributed by atoms with Crippen LogP contribution in [-0.4, -0.2) is 15.3 Å². The van der Waals surface area contributed by atoms with Crippen LogP contribution in [0.4, 0.5) is 10.8 Å². The van der Waals surface area contributed by atoms with Gasteiger partial charge in [0.15, 0.2) is 0 Å². The van der Waals surface area contributed by atoms with E-state index < -0.39 is 0 Å². The maximum atomic E-state index is 11.8. The van der Waals surface area contributed by atoms with Crippen molar-refractivity contribution >= 4 is 28.3 Å². The van der Waals surface area contributed by atoms with E-state index in [0.717, 1.165) is 11.5 Å². The number of aromatic nitrogens is 2. The van der Waals surface area contributed by atoms with Gasteiger partial charge in [-0.3, -0.25) is 10.1 Å². The zero-order valence-corrected chi connectivity index (χ0v) is 9.41. The molecule has 0 spiro atoms. The van der Waals surface area contributed by atoms with Crippen molar-refractivity contribution in [3.8, 4) is 0 Å². The second-order valence-electron chi connectivity index (χ2n) is 3.19. The largest absolute Gasteiger partial charge is 0.398 e. The van der Waals surface area contributed by atoms with Crippen LogP contribution >= 0.6 is 11.5 Å². The van der Waals surface area contributed by atoms with Gasteiger partial charge in [0.25, 0.3) is 5.91 Å². The molecule has 0 saturated heterocycles. The molecule has 1 aromatic carbocycles. The highest BCUT2D eigenvalue weighted by Gasteiger charge is 2.10. The van der Waals surface area contributed by atoms with Gasteiger partial charge in [0.05, 0.1) is 5.56 Å². The Labute approximate surface area is 96.5 Å². The highest BCUT2D eigenvalue weighted by Crippen LogP contribution is 2.15. The highest BCUT2D eigenvalue weighted by atomic mass is 32.1. The van der Waals surface area contributed by atoms with E-state index in [1.165, 1.54) is 0 Å². The molecule has 16 heavy (non-hydrogen) atoms. The summed E-state index contributed by atoms with van der Waals surface area (Å²) < 4.78 is 3.97. The van der Waals surface area contributed by atoms with E-state index in [9.17, 15) is 4.79 Å². The number of carbonyl (C=O) groups is 1. The first-order chi connectivity index (χ1) is 7.66. The summed E-state index contributed by atoms with van der Waals surface area (Å²) >= 11 is 1.14. The molecule has 0 radical (unpaired) electrons. The van der Waals surface area contributed by atoms with E-state index in [1.54, 1.807) is 31.2 Å². The van der Waals surface area contributed by atoms with Gasteiger partial charge in [-0.2, -0.15) is 4.37 Å². The first kappa shape index (κ1) is 10.6. The van der Waals surface area contributed by atoms with Crippen LogP contribution in [0.5, 0.6) is 0 Å². The second kappa shape index (κ2) is 4.28. The lowest BCUT2D eigenvalue weighted by molar-refractivity contribution is 0.102. The number of hydrogen-bond donors (Lipinski definition) is 2. The van der Waals surface area contributed by atoms with Gasteiger partial charge in [0.2, 0.25) is 5.13 Å². The zero-order chi connectivity index (χ0) is 11.5. The molecule has 1 amide bonds. The number of rotatable bonds is 2. The third-order valence-electron chi connectivity index (χ3n) is 1.95. The number of aryl methyl sites for hydroxylation is 1. The Morgan fingerprint density at radius 2 is 2.19 bits per heavy atom. The predicted octanol–water partition coefficient (Wildman–Crippen LogP) is 1.68. The maximum Gasteiger partial charge on any atom is 0.259 e. The standard InChI is InChI=1S/C10H10N4OS/c1-6-12-10(16-14-6)13-9(15)7-4-2-3-5-8(7)11/h2-5H,11H2,1H3,(H,12,13,14,15). The monoisotopic (exact) mass is 234 g/mol. The first-order valence-electron chi connectivity index (χ1n) is 4.63. The average molecular weight is 234 g/mol. The fraction of sp³-hybridized carbons (Fsp3) is 0.100. The van der Waals surface area contributed by atoms with Gasteiger partial charge in [-0.25, -0.2) is 4.98 Å². The molecule has 1 aromatic heterocycles. The van der Waals surface area contributed by atoms with Crippen LogP contribution in [0.1, 0.15) is 16.2 Å². The van der Waals surface area contributed by atoms with Gasteiger partial charge in [0, 0.05) is 17.2 Å². The quantitative estimate of drug-likeness (QED) is 0.775. The SMILES string of the molecule is Cc1nsc(NC(=O)c2ccccc2N)n1. The summed E-state index contributed by atoms with van der Waals surface area (Å²) in [6.45, 7) is 1.77. The van der Waals surface area contributed by atoms with Gasteiger partial charge in [-0.05, 0) is 19.1 Å². The number of nitrogens with one attached hydrogen (secondary N) is 1.